The molecule has 0 radical (unpaired) electrons. The minimum atomic E-state index is 0.0822. The highest BCUT2D eigenvalue weighted by molar-refractivity contribution is 7.13. The van der Waals surface area contributed by atoms with Crippen molar-refractivity contribution in [1.82, 2.24) is 24.5 Å². The molecule has 0 unspecified atom stereocenters. The fourth-order valence-electron chi connectivity index (χ4n) is 4.57. The molecule has 6 nitrogen and oxygen atoms in total. The molecule has 2 aliphatic rings. The van der Waals surface area contributed by atoms with E-state index in [0.29, 0.717) is 0 Å². The van der Waals surface area contributed by atoms with Crippen molar-refractivity contribution < 1.29 is 4.79 Å². The van der Waals surface area contributed by atoms with E-state index in [9.17, 15) is 4.79 Å². The van der Waals surface area contributed by atoms with E-state index in [1.807, 2.05) is 58.3 Å². The van der Waals surface area contributed by atoms with Crippen molar-refractivity contribution in [3.63, 3.8) is 0 Å². The molecule has 3 aromatic rings. The Kier molecular flexibility index (Phi) is 7.00. The average molecular weight is 462 g/mol. The molecule has 0 spiro atoms. The Bertz CT molecular complexity index is 1060. The predicted octanol–water partition coefficient (Wildman–Crippen LogP) is 3.85. The van der Waals surface area contributed by atoms with E-state index in [2.05, 4.69) is 21.2 Å². The number of hydrogen-bond donors (Lipinski definition) is 0. The zero-order chi connectivity index (χ0) is 22.5. The second-order valence-corrected chi connectivity index (χ2v) is 9.69. The molecule has 0 N–H and O–H groups in total. The Hall–Kier alpha value is -2.74. The average Bonchev–Trinajstić information content (AvgIpc) is 3.64. The second kappa shape index (κ2) is 10.5. The SMILES string of the molecule is O=C(/C=C/c1cn(-c2ccccc2)nc1-c1cccs1)N1CCN(CCN2CCCC2)CC1. The summed E-state index contributed by atoms with van der Waals surface area (Å²) >= 11 is 1.66. The molecule has 2 fully saturated rings. The summed E-state index contributed by atoms with van der Waals surface area (Å²) in [5.41, 5.74) is 2.87. The van der Waals surface area contributed by atoms with Crippen LogP contribution in [0.1, 0.15) is 18.4 Å². The molecule has 0 aliphatic carbocycles. The largest absolute Gasteiger partial charge is 0.337 e. The van der Waals surface area contributed by atoms with E-state index in [-0.39, 0.29) is 5.91 Å². The first kappa shape index (κ1) is 22.1. The van der Waals surface area contributed by atoms with Crippen molar-refractivity contribution in [3.8, 4) is 16.3 Å². The van der Waals surface area contributed by atoms with Gasteiger partial charge >= 0.3 is 0 Å². The molecule has 0 saturated carbocycles. The Balaban J connectivity index is 1.22. The molecule has 7 heteroatoms. The van der Waals surface area contributed by atoms with Crippen molar-refractivity contribution in [2.24, 2.45) is 0 Å². The van der Waals surface area contributed by atoms with E-state index < -0.39 is 0 Å². The van der Waals surface area contributed by atoms with E-state index in [1.54, 1.807) is 17.4 Å². The van der Waals surface area contributed by atoms with E-state index in [4.69, 9.17) is 5.10 Å². The maximum Gasteiger partial charge on any atom is 0.246 e. The first-order valence-electron chi connectivity index (χ1n) is 11.9. The monoisotopic (exact) mass is 461 g/mol. The van der Waals surface area contributed by atoms with Gasteiger partial charge < -0.3 is 9.80 Å². The van der Waals surface area contributed by atoms with Gasteiger partial charge in [0.25, 0.3) is 0 Å². The Morgan fingerprint density at radius 2 is 1.64 bits per heavy atom. The van der Waals surface area contributed by atoms with Crippen LogP contribution in [0.5, 0.6) is 0 Å². The summed E-state index contributed by atoms with van der Waals surface area (Å²) in [5, 5.41) is 6.87. The number of aromatic nitrogens is 2. The van der Waals surface area contributed by atoms with Crippen LogP contribution in [0.15, 0.2) is 60.1 Å². The number of amides is 1. The molecular weight excluding hydrogens is 430 g/mol. The number of thiophene rings is 1. The molecule has 1 amide bonds. The molecule has 0 atom stereocenters. The van der Waals surface area contributed by atoms with Gasteiger partial charge in [0, 0.05) is 57.1 Å². The number of para-hydroxylation sites is 1. The summed E-state index contributed by atoms with van der Waals surface area (Å²) in [7, 11) is 0. The van der Waals surface area contributed by atoms with Crippen LogP contribution >= 0.6 is 11.3 Å². The van der Waals surface area contributed by atoms with Gasteiger partial charge in [-0.25, -0.2) is 4.68 Å². The van der Waals surface area contributed by atoms with Crippen LogP contribution in [0.4, 0.5) is 0 Å². The molecule has 2 aliphatic heterocycles. The fraction of sp³-hybridized carbons (Fsp3) is 0.385. The van der Waals surface area contributed by atoms with Gasteiger partial charge in [-0.1, -0.05) is 24.3 Å². The van der Waals surface area contributed by atoms with Gasteiger partial charge in [0.2, 0.25) is 5.91 Å². The first-order valence-corrected chi connectivity index (χ1v) is 12.7. The van der Waals surface area contributed by atoms with Crippen LogP contribution in [-0.2, 0) is 4.79 Å². The van der Waals surface area contributed by atoms with Gasteiger partial charge in [-0.2, -0.15) is 5.10 Å². The minimum Gasteiger partial charge on any atom is -0.337 e. The van der Waals surface area contributed by atoms with Crippen molar-refractivity contribution in [2.75, 3.05) is 52.4 Å². The third kappa shape index (κ3) is 5.43. The highest BCUT2D eigenvalue weighted by atomic mass is 32.1. The Morgan fingerprint density at radius 3 is 2.33 bits per heavy atom. The van der Waals surface area contributed by atoms with Crippen LogP contribution in [0.3, 0.4) is 0 Å². The van der Waals surface area contributed by atoms with Gasteiger partial charge in [0.15, 0.2) is 0 Å². The van der Waals surface area contributed by atoms with Crippen molar-refractivity contribution in [1.29, 1.82) is 0 Å². The van der Waals surface area contributed by atoms with E-state index in [0.717, 1.165) is 61.1 Å². The summed E-state index contributed by atoms with van der Waals surface area (Å²) in [6, 6.07) is 14.2. The van der Waals surface area contributed by atoms with Crippen LogP contribution in [0, 0.1) is 0 Å². The number of benzene rings is 1. The number of piperazine rings is 1. The molecule has 172 valence electrons. The quantitative estimate of drug-likeness (QED) is 0.502. The summed E-state index contributed by atoms with van der Waals surface area (Å²) in [4.78, 5) is 21.0. The third-order valence-corrected chi connectivity index (χ3v) is 7.42. The Morgan fingerprint density at radius 1 is 0.909 bits per heavy atom. The lowest BCUT2D eigenvalue weighted by atomic mass is 10.2. The lowest BCUT2D eigenvalue weighted by Gasteiger charge is -2.35. The highest BCUT2D eigenvalue weighted by Crippen LogP contribution is 2.28. The minimum absolute atomic E-state index is 0.0822. The first-order chi connectivity index (χ1) is 16.3. The van der Waals surface area contributed by atoms with Gasteiger partial charge in [-0.05, 0) is 55.6 Å². The van der Waals surface area contributed by atoms with Crippen molar-refractivity contribution in [2.45, 2.75) is 12.8 Å². The van der Waals surface area contributed by atoms with Crippen LogP contribution in [0.2, 0.25) is 0 Å². The number of hydrogen-bond acceptors (Lipinski definition) is 5. The van der Waals surface area contributed by atoms with Crippen LogP contribution in [-0.4, -0.2) is 82.7 Å². The Labute approximate surface area is 199 Å². The van der Waals surface area contributed by atoms with Gasteiger partial charge in [-0.3, -0.25) is 9.69 Å². The lowest BCUT2D eigenvalue weighted by molar-refractivity contribution is -0.127. The molecule has 0 bridgehead atoms. The summed E-state index contributed by atoms with van der Waals surface area (Å²) in [6.45, 7) is 8.27. The standard InChI is InChI=1S/C26H31N5OS/c32-25(30-18-16-29(17-19-30)15-14-28-12-4-5-13-28)11-10-22-21-31(23-7-2-1-3-8-23)27-26(22)24-9-6-20-33-24/h1-3,6-11,20-21H,4-5,12-19H2/b11-10+. The number of rotatable bonds is 7. The molecule has 2 saturated heterocycles. The van der Waals surface area contributed by atoms with Gasteiger partial charge in [0.05, 0.1) is 10.6 Å². The molecule has 5 rings (SSSR count). The number of carbonyl (C=O) groups is 1. The summed E-state index contributed by atoms with van der Waals surface area (Å²) < 4.78 is 1.89. The second-order valence-electron chi connectivity index (χ2n) is 8.74. The third-order valence-electron chi connectivity index (χ3n) is 6.54. The van der Waals surface area contributed by atoms with Gasteiger partial charge in [-0.15, -0.1) is 11.3 Å². The fourth-order valence-corrected chi connectivity index (χ4v) is 5.31. The molecular formula is C26H31N5OS. The molecule has 33 heavy (non-hydrogen) atoms. The molecule has 4 heterocycles. The van der Waals surface area contributed by atoms with Crippen LogP contribution < -0.4 is 0 Å². The zero-order valence-electron chi connectivity index (χ0n) is 19.0. The topological polar surface area (TPSA) is 44.6 Å². The molecule has 2 aromatic heterocycles. The predicted molar refractivity (Wildman–Crippen MR) is 135 cm³/mol. The summed E-state index contributed by atoms with van der Waals surface area (Å²) in [5.74, 6) is 0.0822. The maximum absolute atomic E-state index is 12.9. The van der Waals surface area contributed by atoms with Crippen LogP contribution in [0.25, 0.3) is 22.3 Å². The summed E-state index contributed by atoms with van der Waals surface area (Å²) in [6.07, 6.45) is 8.32. The van der Waals surface area contributed by atoms with E-state index in [1.165, 1.54) is 25.9 Å². The number of carbonyl (C=O) groups excluding carboxylic acids is 1. The number of nitrogens with zero attached hydrogens (tertiary/aromatic N) is 5. The molecule has 1 aromatic carbocycles. The highest BCUT2D eigenvalue weighted by Gasteiger charge is 2.21. The van der Waals surface area contributed by atoms with Crippen molar-refractivity contribution in [3.05, 3.63) is 65.7 Å². The lowest BCUT2D eigenvalue weighted by Crippen LogP contribution is -2.49. The van der Waals surface area contributed by atoms with E-state index >= 15 is 0 Å². The maximum atomic E-state index is 12.9. The van der Waals surface area contributed by atoms with Gasteiger partial charge in [0.1, 0.15) is 5.69 Å². The normalized spacial score (nSPS) is 17.9. The zero-order valence-corrected chi connectivity index (χ0v) is 19.8. The number of likely N-dealkylation sites (tertiary alicyclic amines) is 1. The smallest absolute Gasteiger partial charge is 0.246 e. The van der Waals surface area contributed by atoms with Crippen molar-refractivity contribution >= 4 is 23.3 Å².